The van der Waals surface area contributed by atoms with Gasteiger partial charge in [0.15, 0.2) is 0 Å². The highest BCUT2D eigenvalue weighted by Gasteiger charge is 2.17. The third kappa shape index (κ3) is 5.01. The van der Waals surface area contributed by atoms with Gasteiger partial charge in [-0.15, -0.1) is 11.3 Å². The standard InChI is InChI=1S/C27H24N6O2S/c1-3-24(32-26(34)18-4-5-19-11-28-7-6-17(19)8-18)20-9-21(13-29-12-20)25-10-22(16-36-25)27(35)31-23-14-30-33(2)15-23/h4-16,24H,3H2,1-2H3,(H,31,35)(H,32,34). The molecule has 0 aliphatic heterocycles. The Balaban J connectivity index is 1.32. The van der Waals surface area contributed by atoms with Gasteiger partial charge < -0.3 is 10.6 Å². The molecule has 5 rings (SSSR count). The summed E-state index contributed by atoms with van der Waals surface area (Å²) in [5, 5.41) is 13.8. The Bertz CT molecular complexity index is 1560. The highest BCUT2D eigenvalue weighted by molar-refractivity contribution is 7.13. The minimum absolute atomic E-state index is 0.142. The summed E-state index contributed by atoms with van der Waals surface area (Å²) < 4.78 is 1.63. The van der Waals surface area contributed by atoms with Crippen LogP contribution in [0.2, 0.25) is 0 Å². The molecule has 4 aromatic heterocycles. The number of pyridine rings is 2. The highest BCUT2D eigenvalue weighted by Crippen LogP contribution is 2.30. The lowest BCUT2D eigenvalue weighted by Gasteiger charge is -2.18. The molecule has 36 heavy (non-hydrogen) atoms. The number of aromatic nitrogens is 4. The van der Waals surface area contributed by atoms with Crippen LogP contribution in [0.4, 0.5) is 5.69 Å². The summed E-state index contributed by atoms with van der Waals surface area (Å²) in [5.74, 6) is -0.337. The van der Waals surface area contributed by atoms with Crippen LogP contribution in [-0.2, 0) is 7.05 Å². The first kappa shape index (κ1) is 23.4. The van der Waals surface area contributed by atoms with Crippen molar-refractivity contribution in [1.82, 2.24) is 25.1 Å². The summed E-state index contributed by atoms with van der Waals surface area (Å²) in [6.45, 7) is 2.02. The molecule has 4 heterocycles. The van der Waals surface area contributed by atoms with Gasteiger partial charge in [-0.3, -0.25) is 24.2 Å². The van der Waals surface area contributed by atoms with Crippen LogP contribution in [0, 0.1) is 0 Å². The molecule has 5 aromatic rings. The van der Waals surface area contributed by atoms with E-state index in [0.29, 0.717) is 23.2 Å². The highest BCUT2D eigenvalue weighted by atomic mass is 32.1. The fraction of sp³-hybridized carbons (Fsp3) is 0.148. The molecule has 1 atom stereocenters. The molecule has 2 amide bonds. The molecule has 0 aliphatic rings. The molecule has 2 N–H and O–H groups in total. The van der Waals surface area contributed by atoms with Crippen molar-refractivity contribution in [2.24, 2.45) is 7.05 Å². The Morgan fingerprint density at radius 1 is 0.972 bits per heavy atom. The Labute approximate surface area is 212 Å². The van der Waals surface area contributed by atoms with E-state index in [2.05, 4.69) is 25.7 Å². The van der Waals surface area contributed by atoms with E-state index in [1.165, 1.54) is 11.3 Å². The number of rotatable bonds is 7. The minimum Gasteiger partial charge on any atom is -0.345 e. The van der Waals surface area contributed by atoms with Gasteiger partial charge in [-0.2, -0.15) is 5.10 Å². The second kappa shape index (κ2) is 10.1. The van der Waals surface area contributed by atoms with Gasteiger partial charge in [0, 0.05) is 64.8 Å². The summed E-state index contributed by atoms with van der Waals surface area (Å²) in [6, 6.07) is 11.1. The Kier molecular flexibility index (Phi) is 6.55. The van der Waals surface area contributed by atoms with Crippen LogP contribution < -0.4 is 10.6 Å². The van der Waals surface area contributed by atoms with Gasteiger partial charge in [-0.25, -0.2) is 0 Å². The number of thiophene rings is 1. The number of hydrogen-bond acceptors (Lipinski definition) is 6. The summed E-state index contributed by atoms with van der Waals surface area (Å²) >= 11 is 1.47. The van der Waals surface area contributed by atoms with Gasteiger partial charge in [0.05, 0.1) is 23.5 Å². The summed E-state index contributed by atoms with van der Waals surface area (Å²) in [4.78, 5) is 35.1. The van der Waals surface area contributed by atoms with Crippen molar-refractivity contribution < 1.29 is 9.59 Å². The van der Waals surface area contributed by atoms with E-state index < -0.39 is 0 Å². The van der Waals surface area contributed by atoms with Gasteiger partial charge in [0.1, 0.15) is 0 Å². The molecule has 1 aromatic carbocycles. The van der Waals surface area contributed by atoms with Crippen molar-refractivity contribution in [3.63, 3.8) is 0 Å². The van der Waals surface area contributed by atoms with Crippen molar-refractivity contribution in [3.05, 3.63) is 95.6 Å². The van der Waals surface area contributed by atoms with Crippen molar-refractivity contribution in [1.29, 1.82) is 0 Å². The lowest BCUT2D eigenvalue weighted by Crippen LogP contribution is -2.28. The molecule has 8 nitrogen and oxygen atoms in total. The van der Waals surface area contributed by atoms with Gasteiger partial charge in [-0.1, -0.05) is 13.0 Å². The zero-order valence-electron chi connectivity index (χ0n) is 19.8. The Morgan fingerprint density at radius 2 is 1.86 bits per heavy atom. The third-order valence-corrected chi connectivity index (χ3v) is 6.87. The molecule has 0 saturated heterocycles. The number of hydrogen-bond donors (Lipinski definition) is 2. The Hall–Kier alpha value is -4.37. The molecule has 0 spiro atoms. The number of carbonyl (C=O) groups is 2. The SMILES string of the molecule is CCC(NC(=O)c1ccc2cnccc2c1)c1cncc(-c2cc(C(=O)Nc3cnn(C)c3)cs2)c1. The molecule has 0 bridgehead atoms. The van der Waals surface area contributed by atoms with E-state index >= 15 is 0 Å². The van der Waals surface area contributed by atoms with E-state index in [1.54, 1.807) is 48.9 Å². The van der Waals surface area contributed by atoms with E-state index in [-0.39, 0.29) is 17.9 Å². The van der Waals surface area contributed by atoms with Crippen LogP contribution in [-0.4, -0.2) is 31.6 Å². The molecule has 0 saturated carbocycles. The number of fused-ring (bicyclic) bond motifs is 1. The Morgan fingerprint density at radius 3 is 2.67 bits per heavy atom. The van der Waals surface area contributed by atoms with Crippen LogP contribution in [0.25, 0.3) is 21.2 Å². The maximum atomic E-state index is 13.0. The number of amides is 2. The molecular formula is C27H24N6O2S. The second-order valence-corrected chi connectivity index (χ2v) is 9.35. The lowest BCUT2D eigenvalue weighted by molar-refractivity contribution is 0.0935. The summed E-state index contributed by atoms with van der Waals surface area (Å²) in [5.41, 5.74) is 3.60. The van der Waals surface area contributed by atoms with E-state index in [1.807, 2.05) is 48.7 Å². The number of nitrogens with zero attached hydrogens (tertiary/aromatic N) is 4. The van der Waals surface area contributed by atoms with Gasteiger partial charge >= 0.3 is 0 Å². The molecule has 1 unspecified atom stereocenters. The monoisotopic (exact) mass is 496 g/mol. The number of anilines is 1. The quantitative estimate of drug-likeness (QED) is 0.321. The molecule has 0 radical (unpaired) electrons. The van der Waals surface area contributed by atoms with Crippen molar-refractivity contribution in [2.75, 3.05) is 5.32 Å². The van der Waals surface area contributed by atoms with Crippen LogP contribution in [0.3, 0.4) is 0 Å². The first-order valence-electron chi connectivity index (χ1n) is 11.5. The minimum atomic E-state index is -0.202. The first-order chi connectivity index (χ1) is 17.5. The van der Waals surface area contributed by atoms with Crippen molar-refractivity contribution in [3.8, 4) is 10.4 Å². The average Bonchev–Trinajstić information content (AvgIpc) is 3.56. The topological polar surface area (TPSA) is 102 Å². The lowest BCUT2D eigenvalue weighted by atomic mass is 10.0. The molecular weight excluding hydrogens is 472 g/mol. The van der Waals surface area contributed by atoms with Crippen LogP contribution in [0.5, 0.6) is 0 Å². The number of aryl methyl sites for hydroxylation is 1. The second-order valence-electron chi connectivity index (χ2n) is 8.44. The van der Waals surface area contributed by atoms with E-state index in [0.717, 1.165) is 26.8 Å². The van der Waals surface area contributed by atoms with Gasteiger partial charge in [0.25, 0.3) is 11.8 Å². The zero-order chi connectivity index (χ0) is 25.1. The summed E-state index contributed by atoms with van der Waals surface area (Å²) in [6.07, 6.45) is 11.1. The van der Waals surface area contributed by atoms with Crippen LogP contribution >= 0.6 is 11.3 Å². The summed E-state index contributed by atoms with van der Waals surface area (Å²) in [7, 11) is 1.80. The molecule has 180 valence electrons. The third-order valence-electron chi connectivity index (χ3n) is 5.89. The predicted molar refractivity (Wildman–Crippen MR) is 141 cm³/mol. The van der Waals surface area contributed by atoms with Crippen LogP contribution in [0.15, 0.2) is 79.0 Å². The predicted octanol–water partition coefficient (Wildman–Crippen LogP) is 5.23. The van der Waals surface area contributed by atoms with E-state index in [4.69, 9.17) is 0 Å². The largest absolute Gasteiger partial charge is 0.345 e. The van der Waals surface area contributed by atoms with Gasteiger partial charge in [0.2, 0.25) is 0 Å². The number of benzene rings is 1. The maximum absolute atomic E-state index is 13.0. The van der Waals surface area contributed by atoms with Crippen molar-refractivity contribution >= 4 is 39.6 Å². The smallest absolute Gasteiger partial charge is 0.256 e. The molecule has 0 aliphatic carbocycles. The first-order valence-corrected chi connectivity index (χ1v) is 12.4. The normalized spacial score (nSPS) is 11.8. The van der Waals surface area contributed by atoms with Crippen molar-refractivity contribution in [2.45, 2.75) is 19.4 Å². The average molecular weight is 497 g/mol. The zero-order valence-corrected chi connectivity index (χ0v) is 20.6. The molecule has 9 heteroatoms. The van der Waals surface area contributed by atoms with Crippen LogP contribution in [0.1, 0.15) is 45.7 Å². The van der Waals surface area contributed by atoms with E-state index in [9.17, 15) is 9.59 Å². The number of nitrogens with one attached hydrogen (secondary N) is 2. The number of carbonyl (C=O) groups excluding carboxylic acids is 2. The molecule has 0 fully saturated rings. The fourth-order valence-corrected chi connectivity index (χ4v) is 4.84. The maximum Gasteiger partial charge on any atom is 0.256 e. The van der Waals surface area contributed by atoms with Gasteiger partial charge in [-0.05, 0) is 47.7 Å². The fourth-order valence-electron chi connectivity index (χ4n) is 3.97.